The van der Waals surface area contributed by atoms with Gasteiger partial charge in [0.2, 0.25) is 0 Å². The van der Waals surface area contributed by atoms with Crippen molar-refractivity contribution in [3.05, 3.63) is 21.8 Å². The Bertz CT molecular complexity index is 412. The molecule has 1 aromatic rings. The second-order valence-electron chi connectivity index (χ2n) is 4.83. The van der Waals surface area contributed by atoms with Crippen LogP contribution in [0.5, 0.6) is 0 Å². The van der Waals surface area contributed by atoms with E-state index in [1.165, 1.54) is 12.8 Å². The average Bonchev–Trinajstić information content (AvgIpc) is 2.72. The molecule has 1 N–H and O–H groups in total. The van der Waals surface area contributed by atoms with Crippen LogP contribution in [0.2, 0.25) is 5.02 Å². The van der Waals surface area contributed by atoms with Crippen LogP contribution >= 0.6 is 27.5 Å². The number of nitrogens with zero attached hydrogens (tertiary/aromatic N) is 2. The number of pyridine rings is 1. The van der Waals surface area contributed by atoms with E-state index in [0.717, 1.165) is 40.9 Å². The van der Waals surface area contributed by atoms with Crippen LogP contribution < -0.4 is 10.2 Å². The summed E-state index contributed by atoms with van der Waals surface area (Å²) in [6.07, 6.45) is 4.43. The predicted octanol–water partition coefficient (Wildman–Crippen LogP) is 2.69. The van der Waals surface area contributed by atoms with Gasteiger partial charge in [-0.15, -0.1) is 0 Å². The average molecular weight is 317 g/mol. The van der Waals surface area contributed by atoms with Crippen LogP contribution in [-0.2, 0) is 0 Å². The van der Waals surface area contributed by atoms with E-state index in [-0.39, 0.29) is 0 Å². The molecule has 17 heavy (non-hydrogen) atoms. The fourth-order valence-electron chi connectivity index (χ4n) is 2.86. The Morgan fingerprint density at radius 2 is 2.35 bits per heavy atom. The standard InChI is InChI=1S/C12H15BrClN3/c13-9-4-10(14)12(16-5-9)17-6-8-2-1-3-15-11(8)7-17/h4-5,8,11,15H,1-3,6-7H2/t8-,11+/m0/s1. The van der Waals surface area contributed by atoms with Crippen LogP contribution in [0.1, 0.15) is 12.8 Å². The summed E-state index contributed by atoms with van der Waals surface area (Å²) >= 11 is 9.64. The van der Waals surface area contributed by atoms with Crippen LogP contribution in [0.15, 0.2) is 16.7 Å². The molecule has 3 nitrogen and oxygen atoms in total. The van der Waals surface area contributed by atoms with Crippen molar-refractivity contribution in [2.24, 2.45) is 5.92 Å². The van der Waals surface area contributed by atoms with Gasteiger partial charge in [-0.2, -0.15) is 0 Å². The minimum Gasteiger partial charge on any atom is -0.353 e. The molecule has 92 valence electrons. The van der Waals surface area contributed by atoms with E-state index in [1.807, 2.05) is 12.3 Å². The second kappa shape index (κ2) is 4.75. The topological polar surface area (TPSA) is 28.2 Å². The van der Waals surface area contributed by atoms with Gasteiger partial charge in [0.05, 0.1) is 5.02 Å². The highest BCUT2D eigenvalue weighted by molar-refractivity contribution is 9.10. The monoisotopic (exact) mass is 315 g/mol. The Morgan fingerprint density at radius 3 is 3.12 bits per heavy atom. The number of aromatic nitrogens is 1. The first kappa shape index (κ1) is 11.8. The first-order chi connectivity index (χ1) is 8.24. The van der Waals surface area contributed by atoms with E-state index in [1.54, 1.807) is 0 Å². The van der Waals surface area contributed by atoms with Gasteiger partial charge in [-0.3, -0.25) is 0 Å². The molecule has 0 bridgehead atoms. The minimum absolute atomic E-state index is 0.616. The Hall–Kier alpha value is -0.320. The Kier molecular flexibility index (Phi) is 3.28. The molecular weight excluding hydrogens is 302 g/mol. The molecule has 0 unspecified atom stereocenters. The van der Waals surface area contributed by atoms with Gasteiger partial charge >= 0.3 is 0 Å². The third-order valence-electron chi connectivity index (χ3n) is 3.69. The maximum atomic E-state index is 6.25. The van der Waals surface area contributed by atoms with Crippen molar-refractivity contribution >= 4 is 33.3 Å². The highest BCUT2D eigenvalue weighted by Crippen LogP contribution is 2.32. The van der Waals surface area contributed by atoms with E-state index in [0.29, 0.717) is 6.04 Å². The van der Waals surface area contributed by atoms with Crippen LogP contribution in [0, 0.1) is 5.92 Å². The van der Waals surface area contributed by atoms with Gasteiger partial charge in [-0.25, -0.2) is 4.98 Å². The van der Waals surface area contributed by atoms with E-state index in [2.05, 4.69) is 31.1 Å². The van der Waals surface area contributed by atoms with Crippen molar-refractivity contribution in [3.63, 3.8) is 0 Å². The van der Waals surface area contributed by atoms with Crippen molar-refractivity contribution in [2.45, 2.75) is 18.9 Å². The summed E-state index contributed by atoms with van der Waals surface area (Å²) in [6.45, 7) is 3.25. The van der Waals surface area contributed by atoms with Gasteiger partial charge in [0, 0.05) is 29.8 Å². The third kappa shape index (κ3) is 2.30. The van der Waals surface area contributed by atoms with E-state index in [4.69, 9.17) is 11.6 Å². The number of hydrogen-bond donors (Lipinski definition) is 1. The molecule has 3 heterocycles. The van der Waals surface area contributed by atoms with Crippen LogP contribution in [0.3, 0.4) is 0 Å². The number of anilines is 1. The molecular formula is C12H15BrClN3. The molecule has 2 aliphatic heterocycles. The van der Waals surface area contributed by atoms with E-state index in [9.17, 15) is 0 Å². The number of hydrogen-bond acceptors (Lipinski definition) is 3. The summed E-state index contributed by atoms with van der Waals surface area (Å²) < 4.78 is 0.931. The van der Waals surface area contributed by atoms with Crippen LogP contribution in [-0.4, -0.2) is 30.7 Å². The molecule has 0 aliphatic carbocycles. The zero-order chi connectivity index (χ0) is 11.8. The molecule has 0 amide bonds. The zero-order valence-corrected chi connectivity index (χ0v) is 11.8. The van der Waals surface area contributed by atoms with Gasteiger partial charge in [-0.1, -0.05) is 11.6 Å². The Balaban J connectivity index is 1.81. The number of nitrogens with one attached hydrogen (secondary N) is 1. The van der Waals surface area contributed by atoms with Crippen LogP contribution in [0.4, 0.5) is 5.82 Å². The normalized spacial score (nSPS) is 28.2. The molecule has 0 radical (unpaired) electrons. The molecule has 2 atom stereocenters. The van der Waals surface area contributed by atoms with Gasteiger partial charge in [0.15, 0.2) is 0 Å². The maximum absolute atomic E-state index is 6.25. The summed E-state index contributed by atoms with van der Waals surface area (Å²) in [6, 6.07) is 2.53. The maximum Gasteiger partial charge on any atom is 0.147 e. The molecule has 0 spiro atoms. The summed E-state index contributed by atoms with van der Waals surface area (Å²) in [5.74, 6) is 1.68. The third-order valence-corrected chi connectivity index (χ3v) is 4.40. The molecule has 1 aromatic heterocycles. The van der Waals surface area contributed by atoms with Gasteiger partial charge < -0.3 is 10.2 Å². The largest absolute Gasteiger partial charge is 0.353 e. The predicted molar refractivity (Wildman–Crippen MR) is 73.7 cm³/mol. The summed E-state index contributed by atoms with van der Waals surface area (Å²) in [5, 5.41) is 4.32. The fourth-order valence-corrected chi connectivity index (χ4v) is 3.61. The van der Waals surface area contributed by atoms with Crippen molar-refractivity contribution < 1.29 is 0 Å². The lowest BCUT2D eigenvalue weighted by Gasteiger charge is -2.24. The number of piperidine rings is 1. The minimum atomic E-state index is 0.616. The van der Waals surface area contributed by atoms with Gasteiger partial charge in [-0.05, 0) is 47.3 Å². The first-order valence-corrected chi connectivity index (χ1v) is 7.20. The number of fused-ring (bicyclic) bond motifs is 1. The Morgan fingerprint density at radius 1 is 1.47 bits per heavy atom. The lowest BCUT2D eigenvalue weighted by atomic mass is 9.94. The lowest BCUT2D eigenvalue weighted by molar-refractivity contribution is 0.340. The first-order valence-electron chi connectivity index (χ1n) is 6.03. The molecule has 0 saturated carbocycles. The zero-order valence-electron chi connectivity index (χ0n) is 9.50. The number of halogens is 2. The summed E-state index contributed by atoms with van der Waals surface area (Å²) in [4.78, 5) is 6.74. The quantitative estimate of drug-likeness (QED) is 0.863. The van der Waals surface area contributed by atoms with Crippen molar-refractivity contribution in [1.29, 1.82) is 0 Å². The number of rotatable bonds is 1. The van der Waals surface area contributed by atoms with E-state index < -0.39 is 0 Å². The highest BCUT2D eigenvalue weighted by Gasteiger charge is 2.35. The van der Waals surface area contributed by atoms with Crippen molar-refractivity contribution in [2.75, 3.05) is 24.5 Å². The van der Waals surface area contributed by atoms with E-state index >= 15 is 0 Å². The van der Waals surface area contributed by atoms with Gasteiger partial charge in [0.25, 0.3) is 0 Å². The van der Waals surface area contributed by atoms with Crippen molar-refractivity contribution in [3.8, 4) is 0 Å². The lowest BCUT2D eigenvalue weighted by Crippen LogP contribution is -2.40. The fraction of sp³-hybridized carbons (Fsp3) is 0.583. The Labute approximate surface area is 115 Å². The summed E-state index contributed by atoms with van der Waals surface area (Å²) in [5.41, 5.74) is 0. The van der Waals surface area contributed by atoms with Gasteiger partial charge in [0.1, 0.15) is 5.82 Å². The molecule has 2 saturated heterocycles. The highest BCUT2D eigenvalue weighted by atomic mass is 79.9. The summed E-state index contributed by atoms with van der Waals surface area (Å²) in [7, 11) is 0. The molecule has 2 aliphatic rings. The smallest absolute Gasteiger partial charge is 0.147 e. The molecule has 2 fully saturated rings. The molecule has 3 rings (SSSR count). The van der Waals surface area contributed by atoms with Crippen molar-refractivity contribution in [1.82, 2.24) is 10.3 Å². The molecule has 5 heteroatoms. The van der Waals surface area contributed by atoms with Crippen LogP contribution in [0.25, 0.3) is 0 Å². The second-order valence-corrected chi connectivity index (χ2v) is 6.15. The molecule has 0 aromatic carbocycles. The SMILES string of the molecule is Clc1cc(Br)cnc1N1C[C@@H]2CCCN[C@@H]2C1.